The van der Waals surface area contributed by atoms with Gasteiger partial charge >= 0.3 is 5.97 Å². The lowest BCUT2D eigenvalue weighted by Crippen LogP contribution is -2.39. The zero-order chi connectivity index (χ0) is 20.5. The number of nitrogens with one attached hydrogen (secondary N) is 1. The molecule has 7 heteroatoms. The van der Waals surface area contributed by atoms with Gasteiger partial charge in [-0.2, -0.15) is 0 Å². The molecule has 0 saturated heterocycles. The van der Waals surface area contributed by atoms with Gasteiger partial charge in [-0.05, 0) is 50.8 Å². The second-order valence-electron chi connectivity index (χ2n) is 7.09. The van der Waals surface area contributed by atoms with Crippen LogP contribution in [0.15, 0.2) is 18.2 Å². The molecule has 1 aromatic carbocycles. The number of amides is 1. The van der Waals surface area contributed by atoms with E-state index in [9.17, 15) is 14.4 Å². The van der Waals surface area contributed by atoms with Gasteiger partial charge in [-0.15, -0.1) is 0 Å². The summed E-state index contributed by atoms with van der Waals surface area (Å²) >= 11 is 0. The third kappa shape index (κ3) is 6.55. The van der Waals surface area contributed by atoms with Crippen molar-refractivity contribution in [3.05, 3.63) is 23.8 Å². The number of benzene rings is 1. The number of carbonyl (C=O) groups is 3. The summed E-state index contributed by atoms with van der Waals surface area (Å²) < 4.78 is 15.7. The van der Waals surface area contributed by atoms with E-state index in [2.05, 4.69) is 5.32 Å². The fourth-order valence-corrected chi connectivity index (χ4v) is 3.21. The van der Waals surface area contributed by atoms with Crippen LogP contribution in [0.1, 0.15) is 56.3 Å². The fraction of sp³-hybridized carbons (Fsp3) is 0.571. The Balaban J connectivity index is 1.78. The topological polar surface area (TPSA) is 90.9 Å². The third-order valence-corrected chi connectivity index (χ3v) is 4.88. The minimum atomic E-state index is -0.887. The second kappa shape index (κ2) is 10.7. The number of rotatable bonds is 9. The lowest BCUT2D eigenvalue weighted by Gasteiger charge is -2.22. The minimum Gasteiger partial charge on any atom is -0.493 e. The van der Waals surface area contributed by atoms with Crippen LogP contribution in [0.5, 0.6) is 11.5 Å². The van der Waals surface area contributed by atoms with Crippen LogP contribution in [0, 0.1) is 5.92 Å². The van der Waals surface area contributed by atoms with Crippen molar-refractivity contribution in [1.82, 2.24) is 5.32 Å². The number of hydrogen-bond acceptors (Lipinski definition) is 6. The summed E-state index contributed by atoms with van der Waals surface area (Å²) in [5.74, 6) is 0.115. The molecule has 0 aliphatic heterocycles. The van der Waals surface area contributed by atoms with E-state index in [-0.39, 0.29) is 18.3 Å². The van der Waals surface area contributed by atoms with E-state index in [0.29, 0.717) is 29.5 Å². The van der Waals surface area contributed by atoms with Crippen molar-refractivity contribution in [3.63, 3.8) is 0 Å². The SMILES string of the molecule is COc1cc(C(C)=O)ccc1OCC(=O)O[C@@H](C)C(=O)NCC1CCCCC1. The van der Waals surface area contributed by atoms with E-state index in [1.54, 1.807) is 18.2 Å². The van der Waals surface area contributed by atoms with Crippen LogP contribution in [0.3, 0.4) is 0 Å². The Labute approximate surface area is 165 Å². The molecule has 1 aliphatic rings. The van der Waals surface area contributed by atoms with Crippen molar-refractivity contribution >= 4 is 17.7 Å². The van der Waals surface area contributed by atoms with Gasteiger partial charge < -0.3 is 19.5 Å². The molecule has 1 aromatic rings. The number of ketones is 1. The highest BCUT2D eigenvalue weighted by atomic mass is 16.6. The Morgan fingerprint density at radius 3 is 2.50 bits per heavy atom. The molecule has 28 heavy (non-hydrogen) atoms. The summed E-state index contributed by atoms with van der Waals surface area (Å²) in [6, 6.07) is 4.69. The molecule has 0 radical (unpaired) electrons. The predicted molar refractivity (Wildman–Crippen MR) is 104 cm³/mol. The van der Waals surface area contributed by atoms with Crippen LogP contribution in [0.25, 0.3) is 0 Å². The summed E-state index contributed by atoms with van der Waals surface area (Å²) in [6.45, 7) is 3.25. The quantitative estimate of drug-likeness (QED) is 0.514. The summed E-state index contributed by atoms with van der Waals surface area (Å²) in [7, 11) is 1.45. The Morgan fingerprint density at radius 1 is 1.14 bits per heavy atom. The summed E-state index contributed by atoms with van der Waals surface area (Å²) in [6.07, 6.45) is 5.06. The highest BCUT2D eigenvalue weighted by Gasteiger charge is 2.20. The van der Waals surface area contributed by atoms with Crippen molar-refractivity contribution in [2.45, 2.75) is 52.1 Å². The molecule has 1 N–H and O–H groups in total. The normalized spacial score (nSPS) is 15.4. The Hall–Kier alpha value is -2.57. The van der Waals surface area contributed by atoms with Crippen molar-refractivity contribution in [2.75, 3.05) is 20.3 Å². The average Bonchev–Trinajstić information content (AvgIpc) is 2.70. The molecule has 154 valence electrons. The number of methoxy groups -OCH3 is 1. The second-order valence-corrected chi connectivity index (χ2v) is 7.09. The first-order valence-corrected chi connectivity index (χ1v) is 9.69. The maximum Gasteiger partial charge on any atom is 0.344 e. The Kier molecular flexibility index (Phi) is 8.29. The van der Waals surface area contributed by atoms with Crippen LogP contribution in [0.4, 0.5) is 0 Å². The number of hydrogen-bond donors (Lipinski definition) is 1. The lowest BCUT2D eigenvalue weighted by atomic mass is 9.89. The van der Waals surface area contributed by atoms with E-state index in [0.717, 1.165) is 12.8 Å². The summed E-state index contributed by atoms with van der Waals surface area (Å²) in [5.41, 5.74) is 0.482. The average molecular weight is 391 g/mol. The number of ether oxygens (including phenoxy) is 3. The summed E-state index contributed by atoms with van der Waals surface area (Å²) in [5, 5.41) is 2.86. The molecule has 0 heterocycles. The molecule has 1 aliphatic carbocycles. The lowest BCUT2D eigenvalue weighted by molar-refractivity contribution is -0.156. The zero-order valence-corrected chi connectivity index (χ0v) is 16.8. The van der Waals surface area contributed by atoms with E-state index in [4.69, 9.17) is 14.2 Å². The van der Waals surface area contributed by atoms with E-state index < -0.39 is 12.1 Å². The first-order chi connectivity index (χ1) is 13.4. The van der Waals surface area contributed by atoms with Gasteiger partial charge in [-0.3, -0.25) is 9.59 Å². The van der Waals surface area contributed by atoms with Crippen LogP contribution < -0.4 is 14.8 Å². The molecule has 1 saturated carbocycles. The van der Waals surface area contributed by atoms with Crippen LogP contribution in [0.2, 0.25) is 0 Å². The standard InChI is InChI=1S/C21H29NO6/c1-14(23)17-9-10-18(19(11-17)26-3)27-13-20(24)28-15(2)21(25)22-12-16-7-5-4-6-8-16/h9-11,15-16H,4-8,12-13H2,1-3H3,(H,22,25)/t15-/m0/s1. The van der Waals surface area contributed by atoms with Gasteiger partial charge in [0.25, 0.3) is 5.91 Å². The molecule has 2 rings (SSSR count). The molecular formula is C21H29NO6. The number of carbonyl (C=O) groups excluding carboxylic acids is 3. The van der Waals surface area contributed by atoms with Gasteiger partial charge in [0, 0.05) is 12.1 Å². The molecule has 0 unspecified atom stereocenters. The summed E-state index contributed by atoms with van der Waals surface area (Å²) in [4.78, 5) is 35.5. The van der Waals surface area contributed by atoms with Crippen molar-refractivity contribution < 1.29 is 28.6 Å². The van der Waals surface area contributed by atoms with Crippen LogP contribution >= 0.6 is 0 Å². The number of Topliss-reactive ketones (excluding diaryl/α,β-unsaturated/α-hetero) is 1. The minimum absolute atomic E-state index is 0.0997. The highest BCUT2D eigenvalue weighted by Crippen LogP contribution is 2.28. The predicted octanol–water partition coefficient (Wildman–Crippen LogP) is 2.90. The zero-order valence-electron chi connectivity index (χ0n) is 16.8. The Morgan fingerprint density at radius 2 is 1.86 bits per heavy atom. The van der Waals surface area contributed by atoms with Gasteiger partial charge in [0.15, 0.2) is 30.0 Å². The monoisotopic (exact) mass is 391 g/mol. The molecule has 0 spiro atoms. The Bertz CT molecular complexity index is 696. The molecule has 1 atom stereocenters. The molecule has 1 fully saturated rings. The van der Waals surface area contributed by atoms with Gasteiger partial charge in [0.05, 0.1) is 7.11 Å². The van der Waals surface area contributed by atoms with Crippen molar-refractivity contribution in [2.24, 2.45) is 5.92 Å². The fourth-order valence-electron chi connectivity index (χ4n) is 3.21. The van der Waals surface area contributed by atoms with Gasteiger partial charge in [-0.25, -0.2) is 4.79 Å². The van der Waals surface area contributed by atoms with Gasteiger partial charge in [0.1, 0.15) is 0 Å². The molecule has 1 amide bonds. The molecular weight excluding hydrogens is 362 g/mol. The van der Waals surface area contributed by atoms with Crippen LogP contribution in [-0.2, 0) is 14.3 Å². The van der Waals surface area contributed by atoms with Crippen molar-refractivity contribution in [3.8, 4) is 11.5 Å². The van der Waals surface area contributed by atoms with Crippen LogP contribution in [-0.4, -0.2) is 44.0 Å². The van der Waals surface area contributed by atoms with E-state index >= 15 is 0 Å². The third-order valence-electron chi connectivity index (χ3n) is 4.88. The molecule has 0 bridgehead atoms. The number of esters is 1. The van der Waals surface area contributed by atoms with Crippen molar-refractivity contribution in [1.29, 1.82) is 0 Å². The maximum atomic E-state index is 12.1. The van der Waals surface area contributed by atoms with Gasteiger partial charge in [-0.1, -0.05) is 19.3 Å². The first kappa shape index (κ1) is 21.7. The molecule has 7 nitrogen and oxygen atoms in total. The van der Waals surface area contributed by atoms with E-state index in [1.807, 2.05) is 0 Å². The smallest absolute Gasteiger partial charge is 0.344 e. The first-order valence-electron chi connectivity index (χ1n) is 9.69. The largest absolute Gasteiger partial charge is 0.493 e. The maximum absolute atomic E-state index is 12.1. The van der Waals surface area contributed by atoms with E-state index in [1.165, 1.54) is 40.2 Å². The highest BCUT2D eigenvalue weighted by molar-refractivity contribution is 5.94. The molecule has 0 aromatic heterocycles. The van der Waals surface area contributed by atoms with Gasteiger partial charge in [0.2, 0.25) is 0 Å².